The number of hydrogen-bond donors (Lipinski definition) is 2. The van der Waals surface area contributed by atoms with Gasteiger partial charge in [-0.25, -0.2) is 10.9 Å². The summed E-state index contributed by atoms with van der Waals surface area (Å²) >= 11 is 2.77. The van der Waals surface area contributed by atoms with Crippen molar-refractivity contribution in [1.82, 2.24) is 5.01 Å². The Morgan fingerprint density at radius 2 is 2.20 bits per heavy atom. The van der Waals surface area contributed by atoms with Crippen LogP contribution in [0.25, 0.3) is 0 Å². The lowest BCUT2D eigenvalue weighted by molar-refractivity contribution is -0.139. The molecule has 0 fully saturated rings. The maximum atomic E-state index is 12.3. The predicted octanol–water partition coefficient (Wildman–Crippen LogP) is 1.68. The van der Waals surface area contributed by atoms with Crippen molar-refractivity contribution in [2.45, 2.75) is 31.5 Å². The van der Waals surface area contributed by atoms with Gasteiger partial charge in [-0.2, -0.15) is 0 Å². The summed E-state index contributed by atoms with van der Waals surface area (Å²) in [5.41, 5.74) is 1.08. The molecular formula is C12H17N3O3S2. The quantitative estimate of drug-likeness (QED) is 0.501. The van der Waals surface area contributed by atoms with Crippen molar-refractivity contribution in [3.05, 3.63) is 16.0 Å². The van der Waals surface area contributed by atoms with Gasteiger partial charge in [0.25, 0.3) is 5.91 Å². The number of anilines is 1. The van der Waals surface area contributed by atoms with Crippen LogP contribution >= 0.6 is 23.1 Å². The zero-order valence-electron chi connectivity index (χ0n) is 11.7. The van der Waals surface area contributed by atoms with E-state index in [4.69, 9.17) is 5.84 Å². The van der Waals surface area contributed by atoms with Crippen molar-refractivity contribution in [1.29, 1.82) is 0 Å². The topological polar surface area (TPSA) is 84.7 Å². The number of carbonyl (C=O) groups excluding carboxylic acids is 2. The van der Waals surface area contributed by atoms with Gasteiger partial charge < -0.3 is 10.1 Å². The number of nitrogens with one attached hydrogen (secondary N) is 1. The maximum Gasteiger partial charge on any atom is 0.318 e. The number of methoxy groups -OCH3 is 1. The van der Waals surface area contributed by atoms with E-state index < -0.39 is 10.7 Å². The minimum absolute atomic E-state index is 0.227. The minimum atomic E-state index is -0.485. The highest BCUT2D eigenvalue weighted by atomic mass is 32.2. The molecule has 1 aromatic rings. The summed E-state index contributed by atoms with van der Waals surface area (Å²) in [7, 11) is 1.34. The zero-order valence-corrected chi connectivity index (χ0v) is 13.4. The fourth-order valence-corrected chi connectivity index (χ4v) is 4.07. The van der Waals surface area contributed by atoms with Crippen LogP contribution < -0.4 is 11.2 Å². The summed E-state index contributed by atoms with van der Waals surface area (Å²) in [6, 6.07) is 0. The smallest absolute Gasteiger partial charge is 0.318 e. The molecule has 6 nitrogen and oxygen atoms in total. The van der Waals surface area contributed by atoms with Gasteiger partial charge in [0, 0.05) is 4.88 Å². The third-order valence-electron chi connectivity index (χ3n) is 3.21. The second kappa shape index (κ2) is 5.63. The molecule has 0 aliphatic carbocycles. The molecule has 8 heteroatoms. The van der Waals surface area contributed by atoms with Crippen molar-refractivity contribution in [3.8, 4) is 0 Å². The number of thioether (sulfide) groups is 1. The lowest BCUT2D eigenvalue weighted by Crippen LogP contribution is -2.51. The molecule has 20 heavy (non-hydrogen) atoms. The molecule has 2 atom stereocenters. The first-order valence-electron chi connectivity index (χ1n) is 6.04. The Bertz CT molecular complexity index is 558. The summed E-state index contributed by atoms with van der Waals surface area (Å²) < 4.78 is 4.68. The first kappa shape index (κ1) is 15.1. The average molecular weight is 315 g/mol. The second-order valence-corrected chi connectivity index (χ2v) is 7.15. The number of fused-ring (bicyclic) bond motifs is 1. The Morgan fingerprint density at radius 3 is 2.80 bits per heavy atom. The highest BCUT2D eigenvalue weighted by Crippen LogP contribution is 2.38. The van der Waals surface area contributed by atoms with Crippen LogP contribution in [0.3, 0.4) is 0 Å². The van der Waals surface area contributed by atoms with E-state index in [1.807, 2.05) is 13.8 Å². The monoisotopic (exact) mass is 315 g/mol. The maximum absolute atomic E-state index is 12.3. The van der Waals surface area contributed by atoms with Gasteiger partial charge >= 0.3 is 5.97 Å². The van der Waals surface area contributed by atoms with Gasteiger partial charge in [-0.05, 0) is 26.3 Å². The predicted molar refractivity (Wildman–Crippen MR) is 80.6 cm³/mol. The van der Waals surface area contributed by atoms with Crippen molar-refractivity contribution in [3.63, 3.8) is 0 Å². The third-order valence-corrected chi connectivity index (χ3v) is 5.55. The molecule has 110 valence electrons. The average Bonchev–Trinajstić information content (AvgIpc) is 2.70. The van der Waals surface area contributed by atoms with Crippen LogP contribution in [0.1, 0.15) is 27.7 Å². The van der Waals surface area contributed by atoms with E-state index in [-0.39, 0.29) is 11.9 Å². The molecular weight excluding hydrogens is 298 g/mol. The van der Waals surface area contributed by atoms with E-state index in [2.05, 4.69) is 10.1 Å². The largest absolute Gasteiger partial charge is 0.468 e. The number of nitrogens with zero attached hydrogens (tertiary/aromatic N) is 1. The summed E-state index contributed by atoms with van der Waals surface area (Å²) in [6.45, 7) is 5.59. The molecule has 0 saturated carbocycles. The van der Waals surface area contributed by atoms with Gasteiger partial charge in [-0.1, -0.05) is 11.8 Å². The number of amides is 1. The van der Waals surface area contributed by atoms with Crippen molar-refractivity contribution in [2.24, 2.45) is 5.84 Å². The van der Waals surface area contributed by atoms with E-state index in [0.29, 0.717) is 5.56 Å². The van der Waals surface area contributed by atoms with Crippen LogP contribution in [-0.4, -0.2) is 34.7 Å². The molecule has 0 spiro atoms. The van der Waals surface area contributed by atoms with E-state index in [9.17, 15) is 9.59 Å². The van der Waals surface area contributed by atoms with E-state index in [1.165, 1.54) is 30.2 Å². The number of nitrogens with two attached hydrogens (primary N) is 1. The lowest BCUT2D eigenvalue weighted by atomic mass is 10.1. The number of thiophene rings is 1. The SMILES string of the molecule is COC(=O)C(C)SC1Nc2sc(C)c(C)c2C(=O)N1N. The fraction of sp³-hybridized carbons (Fsp3) is 0.500. The lowest BCUT2D eigenvalue weighted by Gasteiger charge is -2.33. The highest BCUT2D eigenvalue weighted by molar-refractivity contribution is 8.01. The van der Waals surface area contributed by atoms with E-state index in [0.717, 1.165) is 20.5 Å². The fourth-order valence-electron chi connectivity index (χ4n) is 1.92. The molecule has 3 N–H and O–H groups in total. The zero-order chi connectivity index (χ0) is 15.0. The van der Waals surface area contributed by atoms with Crippen molar-refractivity contribution >= 4 is 40.0 Å². The van der Waals surface area contributed by atoms with Gasteiger partial charge in [0.1, 0.15) is 10.3 Å². The third kappa shape index (κ3) is 2.50. The first-order chi connectivity index (χ1) is 9.36. The molecule has 2 rings (SSSR count). The van der Waals surface area contributed by atoms with Crippen LogP contribution in [-0.2, 0) is 9.53 Å². The van der Waals surface area contributed by atoms with Crippen LogP contribution in [0, 0.1) is 13.8 Å². The van der Waals surface area contributed by atoms with Crippen LogP contribution in [0.5, 0.6) is 0 Å². The Kier molecular flexibility index (Phi) is 4.26. The summed E-state index contributed by atoms with van der Waals surface area (Å²) in [4.78, 5) is 24.9. The van der Waals surface area contributed by atoms with Crippen molar-refractivity contribution < 1.29 is 14.3 Å². The Morgan fingerprint density at radius 1 is 1.55 bits per heavy atom. The minimum Gasteiger partial charge on any atom is -0.468 e. The Hall–Kier alpha value is -1.25. The molecule has 0 saturated heterocycles. The van der Waals surface area contributed by atoms with Gasteiger partial charge in [-0.3, -0.25) is 9.59 Å². The molecule has 1 amide bonds. The second-order valence-electron chi connectivity index (χ2n) is 4.50. The normalized spacial score (nSPS) is 19.4. The van der Waals surface area contributed by atoms with Gasteiger partial charge in [0.2, 0.25) is 0 Å². The summed E-state index contributed by atoms with van der Waals surface area (Å²) in [6.07, 6.45) is 0. The van der Waals surface area contributed by atoms with Crippen molar-refractivity contribution in [2.75, 3.05) is 12.4 Å². The number of carbonyl (C=O) groups is 2. The standard InChI is InChI=1S/C12H17N3O3S2/c1-5-6(2)19-9-8(5)10(16)15(13)12(14-9)20-7(3)11(17)18-4/h7,12,14H,13H2,1-4H3. The molecule has 1 aromatic heterocycles. The van der Waals surface area contributed by atoms with Crippen LogP contribution in [0.4, 0.5) is 5.00 Å². The number of aryl methyl sites for hydroxylation is 1. The van der Waals surface area contributed by atoms with E-state index in [1.54, 1.807) is 6.92 Å². The number of esters is 1. The van der Waals surface area contributed by atoms with Crippen LogP contribution in [0.15, 0.2) is 0 Å². The summed E-state index contributed by atoms with van der Waals surface area (Å²) in [5, 5.41) is 4.72. The summed E-state index contributed by atoms with van der Waals surface area (Å²) in [5.74, 6) is 5.29. The van der Waals surface area contributed by atoms with E-state index >= 15 is 0 Å². The Labute approximate surface area is 125 Å². The molecule has 1 aliphatic rings. The highest BCUT2D eigenvalue weighted by Gasteiger charge is 2.35. The van der Waals surface area contributed by atoms with Gasteiger partial charge in [-0.15, -0.1) is 11.3 Å². The Balaban J connectivity index is 2.23. The van der Waals surface area contributed by atoms with Crippen LogP contribution in [0.2, 0.25) is 0 Å². The number of ether oxygens (including phenoxy) is 1. The molecule has 1 aliphatic heterocycles. The van der Waals surface area contributed by atoms with Gasteiger partial charge in [0.15, 0.2) is 5.50 Å². The molecule has 0 bridgehead atoms. The molecule has 0 radical (unpaired) electrons. The molecule has 0 aromatic carbocycles. The molecule has 2 unspecified atom stereocenters. The molecule has 2 heterocycles. The number of hydrogen-bond acceptors (Lipinski definition) is 7. The first-order valence-corrected chi connectivity index (χ1v) is 7.80. The van der Waals surface area contributed by atoms with Gasteiger partial charge in [0.05, 0.1) is 12.7 Å². The number of rotatable bonds is 3. The number of hydrazine groups is 1.